The third-order valence-corrected chi connectivity index (χ3v) is 3.78. The normalized spacial score (nSPS) is 17.3. The highest BCUT2D eigenvalue weighted by Crippen LogP contribution is 2.31. The summed E-state index contributed by atoms with van der Waals surface area (Å²) in [7, 11) is 0. The zero-order chi connectivity index (χ0) is 15.4. The van der Waals surface area contributed by atoms with Gasteiger partial charge in [0.25, 0.3) is 0 Å². The van der Waals surface area contributed by atoms with E-state index in [2.05, 4.69) is 5.32 Å². The topological polar surface area (TPSA) is 58.6 Å². The molecule has 0 radical (unpaired) electrons. The average Bonchev–Trinajstić information content (AvgIpc) is 2.60. The van der Waals surface area contributed by atoms with Gasteiger partial charge in [0.2, 0.25) is 11.8 Å². The maximum absolute atomic E-state index is 12.2. The Morgan fingerprint density at radius 2 is 2.14 bits per heavy atom. The molecule has 1 aromatic rings. The van der Waals surface area contributed by atoms with Crippen molar-refractivity contribution in [3.05, 3.63) is 23.2 Å². The lowest BCUT2D eigenvalue weighted by atomic mass is 10.0. The predicted octanol–water partition coefficient (Wildman–Crippen LogP) is 2.55. The lowest BCUT2D eigenvalue weighted by molar-refractivity contribution is -0.135. The lowest BCUT2D eigenvalue weighted by Crippen LogP contribution is -2.36. The number of anilines is 1. The fourth-order valence-corrected chi connectivity index (χ4v) is 2.45. The molecule has 0 aliphatic carbocycles. The Labute approximate surface area is 129 Å². The van der Waals surface area contributed by atoms with Crippen LogP contribution in [0.5, 0.6) is 5.75 Å². The molecule has 0 saturated carbocycles. The van der Waals surface area contributed by atoms with Crippen molar-refractivity contribution in [3.63, 3.8) is 0 Å². The summed E-state index contributed by atoms with van der Waals surface area (Å²) in [5, 5.41) is 3.33. The van der Waals surface area contributed by atoms with Crippen LogP contribution in [0.15, 0.2) is 18.2 Å². The van der Waals surface area contributed by atoms with Gasteiger partial charge in [0, 0.05) is 30.6 Å². The second-order valence-electron chi connectivity index (χ2n) is 4.91. The number of hydrogen-bond acceptors (Lipinski definition) is 3. The molecule has 2 rings (SSSR count). The molecular formula is C15H19ClN2O3. The smallest absolute Gasteiger partial charge is 0.231 e. The van der Waals surface area contributed by atoms with Crippen LogP contribution in [0.4, 0.5) is 5.69 Å². The van der Waals surface area contributed by atoms with Gasteiger partial charge in [-0.3, -0.25) is 9.59 Å². The quantitative estimate of drug-likeness (QED) is 0.929. The number of fused-ring (bicyclic) bond motifs is 1. The first-order valence-corrected chi connectivity index (χ1v) is 7.44. The summed E-state index contributed by atoms with van der Waals surface area (Å²) < 4.78 is 5.62. The molecule has 6 heteroatoms. The largest absolute Gasteiger partial charge is 0.491 e. The number of amides is 2. The molecule has 0 spiro atoms. The van der Waals surface area contributed by atoms with Crippen LogP contribution in [-0.2, 0) is 9.59 Å². The molecule has 1 aromatic carbocycles. The van der Waals surface area contributed by atoms with Crippen LogP contribution in [-0.4, -0.2) is 36.4 Å². The second-order valence-corrected chi connectivity index (χ2v) is 5.34. The van der Waals surface area contributed by atoms with Crippen molar-refractivity contribution in [3.8, 4) is 5.75 Å². The van der Waals surface area contributed by atoms with Gasteiger partial charge in [0.15, 0.2) is 0 Å². The fraction of sp³-hybridized carbons (Fsp3) is 0.467. The summed E-state index contributed by atoms with van der Waals surface area (Å²) in [6, 6.07) is 5.04. The number of rotatable bonds is 4. The Hall–Kier alpha value is -1.75. The minimum absolute atomic E-state index is 0.0345. The van der Waals surface area contributed by atoms with Gasteiger partial charge in [-0.25, -0.2) is 0 Å². The maximum Gasteiger partial charge on any atom is 0.231 e. The second kappa shape index (κ2) is 6.80. The first kappa shape index (κ1) is 15.6. The van der Waals surface area contributed by atoms with Crippen LogP contribution in [0.2, 0.25) is 5.02 Å². The molecular weight excluding hydrogens is 292 g/mol. The van der Waals surface area contributed by atoms with Crippen molar-refractivity contribution < 1.29 is 14.3 Å². The van der Waals surface area contributed by atoms with Gasteiger partial charge in [0.1, 0.15) is 12.4 Å². The number of halogens is 1. The van der Waals surface area contributed by atoms with E-state index in [4.69, 9.17) is 16.3 Å². The highest BCUT2D eigenvalue weighted by Gasteiger charge is 2.28. The zero-order valence-electron chi connectivity index (χ0n) is 12.2. The minimum Gasteiger partial charge on any atom is -0.491 e. The molecule has 1 aliphatic heterocycles. The highest BCUT2D eigenvalue weighted by molar-refractivity contribution is 6.30. The number of benzene rings is 1. The highest BCUT2D eigenvalue weighted by atomic mass is 35.5. The van der Waals surface area contributed by atoms with Crippen molar-refractivity contribution in [1.29, 1.82) is 0 Å². The van der Waals surface area contributed by atoms with E-state index < -0.39 is 5.92 Å². The number of nitrogens with one attached hydrogen (secondary N) is 1. The van der Waals surface area contributed by atoms with Crippen molar-refractivity contribution in [2.24, 2.45) is 5.92 Å². The zero-order valence-corrected chi connectivity index (χ0v) is 12.9. The van der Waals surface area contributed by atoms with E-state index >= 15 is 0 Å². The van der Waals surface area contributed by atoms with Gasteiger partial charge in [0.05, 0.1) is 11.6 Å². The molecule has 5 nitrogen and oxygen atoms in total. The van der Waals surface area contributed by atoms with Crippen LogP contribution in [0, 0.1) is 5.92 Å². The SMILES string of the molecule is CCN(CC)C(=O)CC1COc2cc(Cl)ccc2NC1=O. The molecule has 114 valence electrons. The van der Waals surface area contributed by atoms with Crippen molar-refractivity contribution in [1.82, 2.24) is 4.90 Å². The molecule has 21 heavy (non-hydrogen) atoms. The summed E-state index contributed by atoms with van der Waals surface area (Å²) in [5.74, 6) is -0.192. The molecule has 0 bridgehead atoms. The first-order chi connectivity index (χ1) is 10.0. The summed E-state index contributed by atoms with van der Waals surface area (Å²) in [6.45, 7) is 5.29. The van der Waals surface area contributed by atoms with Crippen LogP contribution >= 0.6 is 11.6 Å². The monoisotopic (exact) mass is 310 g/mol. The predicted molar refractivity (Wildman–Crippen MR) is 81.6 cm³/mol. The number of hydrogen-bond donors (Lipinski definition) is 1. The summed E-state index contributed by atoms with van der Waals surface area (Å²) in [6.07, 6.45) is 0.148. The molecule has 2 amide bonds. The molecule has 1 heterocycles. The van der Waals surface area contributed by atoms with Crippen molar-refractivity contribution in [2.75, 3.05) is 25.0 Å². The van der Waals surface area contributed by atoms with E-state index in [1.165, 1.54) is 0 Å². The number of nitrogens with zero attached hydrogens (tertiary/aromatic N) is 1. The minimum atomic E-state index is -0.496. The van der Waals surface area contributed by atoms with Gasteiger partial charge in [-0.1, -0.05) is 11.6 Å². The van der Waals surface area contributed by atoms with E-state index in [0.29, 0.717) is 29.5 Å². The Morgan fingerprint density at radius 3 is 2.81 bits per heavy atom. The Bertz CT molecular complexity index is 544. The van der Waals surface area contributed by atoms with E-state index in [-0.39, 0.29) is 24.8 Å². The van der Waals surface area contributed by atoms with Crippen LogP contribution in [0.1, 0.15) is 20.3 Å². The standard InChI is InChI=1S/C15H19ClN2O3/c1-3-18(4-2)14(19)7-10-9-21-13-8-11(16)5-6-12(13)17-15(10)20/h5-6,8,10H,3-4,7,9H2,1-2H3,(H,17,20). The van der Waals surface area contributed by atoms with E-state index in [1.807, 2.05) is 13.8 Å². The van der Waals surface area contributed by atoms with Gasteiger partial charge >= 0.3 is 0 Å². The number of carbonyl (C=O) groups excluding carboxylic acids is 2. The van der Waals surface area contributed by atoms with Crippen molar-refractivity contribution in [2.45, 2.75) is 20.3 Å². The Balaban J connectivity index is 2.08. The van der Waals surface area contributed by atoms with E-state index in [9.17, 15) is 9.59 Å². The van der Waals surface area contributed by atoms with Gasteiger partial charge in [-0.05, 0) is 26.0 Å². The summed E-state index contributed by atoms with van der Waals surface area (Å²) in [5.41, 5.74) is 0.585. The Morgan fingerprint density at radius 1 is 1.43 bits per heavy atom. The number of carbonyl (C=O) groups is 2. The maximum atomic E-state index is 12.2. The van der Waals surface area contributed by atoms with Gasteiger partial charge in [-0.2, -0.15) is 0 Å². The molecule has 0 aromatic heterocycles. The van der Waals surface area contributed by atoms with Crippen molar-refractivity contribution >= 4 is 29.1 Å². The molecule has 0 fully saturated rings. The third kappa shape index (κ3) is 3.67. The van der Waals surface area contributed by atoms with Gasteiger partial charge in [-0.15, -0.1) is 0 Å². The molecule has 1 unspecified atom stereocenters. The summed E-state index contributed by atoms with van der Waals surface area (Å²) >= 11 is 5.91. The Kier molecular flexibility index (Phi) is 5.07. The average molecular weight is 311 g/mol. The third-order valence-electron chi connectivity index (χ3n) is 3.55. The van der Waals surface area contributed by atoms with E-state index in [0.717, 1.165) is 0 Å². The molecule has 1 N–H and O–H groups in total. The van der Waals surface area contributed by atoms with Gasteiger partial charge < -0.3 is 15.0 Å². The molecule has 1 aliphatic rings. The van der Waals surface area contributed by atoms with Crippen LogP contribution < -0.4 is 10.1 Å². The fourth-order valence-electron chi connectivity index (χ4n) is 2.29. The molecule has 0 saturated heterocycles. The summed E-state index contributed by atoms with van der Waals surface area (Å²) in [4.78, 5) is 26.0. The van der Waals surface area contributed by atoms with Crippen LogP contribution in [0.25, 0.3) is 0 Å². The van der Waals surface area contributed by atoms with Crippen LogP contribution in [0.3, 0.4) is 0 Å². The first-order valence-electron chi connectivity index (χ1n) is 7.06. The number of ether oxygens (including phenoxy) is 1. The lowest BCUT2D eigenvalue weighted by Gasteiger charge is -2.21. The molecule has 1 atom stereocenters. The van der Waals surface area contributed by atoms with E-state index in [1.54, 1.807) is 23.1 Å².